The number of aromatic nitrogens is 2. The van der Waals surface area contributed by atoms with E-state index in [0.717, 1.165) is 35.9 Å². The molecule has 0 radical (unpaired) electrons. The van der Waals surface area contributed by atoms with Gasteiger partial charge in [-0.3, -0.25) is 0 Å². The molecule has 5 nitrogen and oxygen atoms in total. The summed E-state index contributed by atoms with van der Waals surface area (Å²) in [5, 5.41) is 7.58. The lowest BCUT2D eigenvalue weighted by molar-refractivity contribution is 0.328. The first-order valence-corrected chi connectivity index (χ1v) is 7.96. The Morgan fingerprint density at radius 2 is 2.05 bits per heavy atom. The highest BCUT2D eigenvalue weighted by atomic mass is 16.5. The van der Waals surface area contributed by atoms with Gasteiger partial charge < -0.3 is 14.3 Å². The minimum atomic E-state index is 0.460. The molecule has 21 heavy (non-hydrogen) atoms. The van der Waals surface area contributed by atoms with Gasteiger partial charge >= 0.3 is 0 Å². The minimum absolute atomic E-state index is 0.460. The molecule has 2 aromatic heterocycles. The Morgan fingerprint density at radius 3 is 2.86 bits per heavy atom. The van der Waals surface area contributed by atoms with Gasteiger partial charge in [0, 0.05) is 11.8 Å². The molecule has 3 heterocycles. The van der Waals surface area contributed by atoms with Crippen molar-refractivity contribution in [2.75, 3.05) is 13.1 Å². The maximum atomic E-state index is 5.79. The zero-order valence-electron chi connectivity index (χ0n) is 12.0. The van der Waals surface area contributed by atoms with Gasteiger partial charge in [-0.2, -0.15) is 0 Å². The molecular formula is C16H19N3O2. The normalized spacial score (nSPS) is 27.1. The second-order valence-electron chi connectivity index (χ2n) is 6.83. The molecule has 1 N–H and O–H groups in total. The van der Waals surface area contributed by atoms with Crippen molar-refractivity contribution in [1.29, 1.82) is 0 Å². The first-order chi connectivity index (χ1) is 10.4. The molecule has 1 saturated heterocycles. The second kappa shape index (κ2) is 4.19. The van der Waals surface area contributed by atoms with Gasteiger partial charge in [0.2, 0.25) is 0 Å². The molecule has 110 valence electrons. The zero-order chi connectivity index (χ0) is 13.9. The monoisotopic (exact) mass is 285 g/mol. The first kappa shape index (κ1) is 12.0. The fourth-order valence-corrected chi connectivity index (χ4v) is 3.83. The SMILES string of the molecule is c1oc([C@@H]2CC23CCNCC3)nc1-c1conc1C1CC1. The molecule has 2 aromatic rings. The van der Waals surface area contributed by atoms with Crippen LogP contribution in [0.4, 0.5) is 0 Å². The van der Waals surface area contributed by atoms with Gasteiger partial charge in [0.25, 0.3) is 0 Å². The second-order valence-corrected chi connectivity index (χ2v) is 6.83. The molecule has 0 unspecified atom stereocenters. The van der Waals surface area contributed by atoms with E-state index in [4.69, 9.17) is 13.9 Å². The van der Waals surface area contributed by atoms with Crippen molar-refractivity contribution in [3.63, 3.8) is 0 Å². The van der Waals surface area contributed by atoms with E-state index in [1.165, 1.54) is 32.1 Å². The average Bonchev–Trinajstić information content (AvgIpc) is 3.35. The molecule has 5 heteroatoms. The lowest BCUT2D eigenvalue weighted by atomic mass is 9.92. The van der Waals surface area contributed by atoms with E-state index in [1.807, 2.05) is 0 Å². The highest BCUT2D eigenvalue weighted by molar-refractivity contribution is 5.61. The Morgan fingerprint density at radius 1 is 1.19 bits per heavy atom. The summed E-state index contributed by atoms with van der Waals surface area (Å²) in [7, 11) is 0. The van der Waals surface area contributed by atoms with Crippen LogP contribution in [0.15, 0.2) is 21.5 Å². The van der Waals surface area contributed by atoms with E-state index in [0.29, 0.717) is 17.3 Å². The van der Waals surface area contributed by atoms with Crippen LogP contribution in [-0.4, -0.2) is 23.2 Å². The summed E-state index contributed by atoms with van der Waals surface area (Å²) in [6.07, 6.45) is 9.63. The summed E-state index contributed by atoms with van der Waals surface area (Å²) in [5.74, 6) is 1.99. The van der Waals surface area contributed by atoms with Crippen molar-refractivity contribution < 1.29 is 8.94 Å². The predicted octanol–water partition coefficient (Wildman–Crippen LogP) is 3.06. The van der Waals surface area contributed by atoms with Gasteiger partial charge in [-0.05, 0) is 50.6 Å². The van der Waals surface area contributed by atoms with Crippen molar-refractivity contribution >= 4 is 0 Å². The van der Waals surface area contributed by atoms with E-state index < -0.39 is 0 Å². The molecule has 2 saturated carbocycles. The van der Waals surface area contributed by atoms with Crippen LogP contribution >= 0.6 is 0 Å². The third-order valence-electron chi connectivity index (χ3n) is 5.45. The van der Waals surface area contributed by atoms with Crippen LogP contribution in [0.5, 0.6) is 0 Å². The van der Waals surface area contributed by atoms with Crippen molar-refractivity contribution in [2.45, 2.75) is 43.9 Å². The van der Waals surface area contributed by atoms with Gasteiger partial charge in [-0.15, -0.1) is 0 Å². The minimum Gasteiger partial charge on any atom is -0.448 e. The Bertz CT molecular complexity index is 665. The van der Waals surface area contributed by atoms with Gasteiger partial charge in [-0.1, -0.05) is 5.16 Å². The maximum absolute atomic E-state index is 5.79. The van der Waals surface area contributed by atoms with E-state index in [2.05, 4.69) is 10.5 Å². The average molecular weight is 285 g/mol. The molecule has 1 atom stereocenters. The van der Waals surface area contributed by atoms with Crippen LogP contribution in [0.2, 0.25) is 0 Å². The molecule has 2 aliphatic carbocycles. The van der Waals surface area contributed by atoms with Crippen LogP contribution in [-0.2, 0) is 0 Å². The smallest absolute Gasteiger partial charge is 0.198 e. The third-order valence-corrected chi connectivity index (χ3v) is 5.45. The van der Waals surface area contributed by atoms with E-state index >= 15 is 0 Å². The lowest BCUT2D eigenvalue weighted by Gasteiger charge is -2.22. The predicted molar refractivity (Wildman–Crippen MR) is 75.9 cm³/mol. The molecule has 0 aromatic carbocycles. The van der Waals surface area contributed by atoms with Crippen molar-refractivity contribution in [3.05, 3.63) is 24.1 Å². The number of nitrogens with one attached hydrogen (secondary N) is 1. The van der Waals surface area contributed by atoms with Gasteiger partial charge in [0.1, 0.15) is 18.2 Å². The molecular weight excluding hydrogens is 266 g/mol. The fraction of sp³-hybridized carbons (Fsp3) is 0.625. The summed E-state index contributed by atoms with van der Waals surface area (Å²) in [6, 6.07) is 0. The zero-order valence-corrected chi connectivity index (χ0v) is 12.0. The molecule has 3 aliphatic rings. The molecule has 5 rings (SSSR count). The largest absolute Gasteiger partial charge is 0.448 e. The van der Waals surface area contributed by atoms with E-state index in [1.54, 1.807) is 12.5 Å². The summed E-state index contributed by atoms with van der Waals surface area (Å²) in [6.45, 7) is 2.25. The van der Waals surface area contributed by atoms with E-state index in [-0.39, 0.29) is 0 Å². The summed E-state index contributed by atoms with van der Waals surface area (Å²) in [5.41, 5.74) is 3.43. The topological polar surface area (TPSA) is 64.1 Å². The Balaban J connectivity index is 1.41. The quantitative estimate of drug-likeness (QED) is 0.939. The standard InChI is InChI=1S/C16H19N3O2/c1-2-10(1)14-11(8-21-19-14)13-9-20-15(18-13)12-7-16(12)3-5-17-6-4-16/h8-10,12,17H,1-7H2/t12-/m0/s1. The number of piperidine rings is 1. The fourth-order valence-electron chi connectivity index (χ4n) is 3.83. The first-order valence-electron chi connectivity index (χ1n) is 7.96. The van der Waals surface area contributed by atoms with Crippen molar-refractivity contribution in [3.8, 4) is 11.3 Å². The lowest BCUT2D eigenvalue weighted by Crippen LogP contribution is -2.29. The number of oxazole rings is 1. The Labute approximate surface area is 123 Å². The molecule has 0 amide bonds. The molecule has 3 fully saturated rings. The van der Waals surface area contributed by atoms with Crippen LogP contribution in [0.1, 0.15) is 55.5 Å². The van der Waals surface area contributed by atoms with Crippen LogP contribution in [0, 0.1) is 5.41 Å². The number of hydrogen-bond acceptors (Lipinski definition) is 5. The van der Waals surface area contributed by atoms with Crippen molar-refractivity contribution in [1.82, 2.24) is 15.5 Å². The molecule has 1 spiro atoms. The van der Waals surface area contributed by atoms with Crippen LogP contribution in [0.25, 0.3) is 11.3 Å². The van der Waals surface area contributed by atoms with Crippen LogP contribution in [0.3, 0.4) is 0 Å². The Kier molecular flexibility index (Phi) is 2.39. The third kappa shape index (κ3) is 1.87. The molecule has 1 aliphatic heterocycles. The Hall–Kier alpha value is -1.62. The summed E-state index contributed by atoms with van der Waals surface area (Å²) >= 11 is 0. The van der Waals surface area contributed by atoms with E-state index in [9.17, 15) is 0 Å². The van der Waals surface area contributed by atoms with Crippen LogP contribution < -0.4 is 5.32 Å². The highest BCUT2D eigenvalue weighted by Crippen LogP contribution is 2.64. The van der Waals surface area contributed by atoms with Gasteiger partial charge in [0.05, 0.1) is 11.3 Å². The van der Waals surface area contributed by atoms with Gasteiger partial charge in [-0.25, -0.2) is 4.98 Å². The van der Waals surface area contributed by atoms with Crippen molar-refractivity contribution in [2.24, 2.45) is 5.41 Å². The molecule has 0 bridgehead atoms. The van der Waals surface area contributed by atoms with Gasteiger partial charge in [0.15, 0.2) is 5.89 Å². The summed E-state index contributed by atoms with van der Waals surface area (Å²) in [4.78, 5) is 4.75. The summed E-state index contributed by atoms with van der Waals surface area (Å²) < 4.78 is 11.0. The highest BCUT2D eigenvalue weighted by Gasteiger charge is 2.57. The maximum Gasteiger partial charge on any atom is 0.198 e. The number of nitrogens with zero attached hydrogens (tertiary/aromatic N) is 2. The number of rotatable bonds is 3. The number of hydrogen-bond donors (Lipinski definition) is 1.